The SMILES string of the molecule is COc1cccc(CN2CCC[C@@H]2c2ccc(C(=O)Nc3ccn[nH]3)s2)c1. The summed E-state index contributed by atoms with van der Waals surface area (Å²) < 4.78 is 5.34. The molecule has 7 heteroatoms. The molecule has 0 radical (unpaired) electrons. The molecule has 1 atom stereocenters. The van der Waals surface area contributed by atoms with Gasteiger partial charge in [0.15, 0.2) is 0 Å². The minimum atomic E-state index is -0.104. The van der Waals surface area contributed by atoms with E-state index in [4.69, 9.17) is 4.74 Å². The lowest BCUT2D eigenvalue weighted by molar-refractivity contribution is 0.103. The van der Waals surface area contributed by atoms with Crippen molar-refractivity contribution in [2.24, 2.45) is 0 Å². The van der Waals surface area contributed by atoms with Crippen LogP contribution in [-0.2, 0) is 6.54 Å². The molecule has 0 saturated carbocycles. The van der Waals surface area contributed by atoms with Gasteiger partial charge in [-0.15, -0.1) is 11.3 Å². The molecule has 6 nitrogen and oxygen atoms in total. The number of hydrogen-bond acceptors (Lipinski definition) is 5. The van der Waals surface area contributed by atoms with Crippen LogP contribution in [0.2, 0.25) is 0 Å². The Balaban J connectivity index is 1.45. The molecule has 2 aromatic heterocycles. The van der Waals surface area contributed by atoms with Crippen LogP contribution in [0, 0.1) is 0 Å². The van der Waals surface area contributed by atoms with Gasteiger partial charge in [0.2, 0.25) is 0 Å². The van der Waals surface area contributed by atoms with Crippen molar-refractivity contribution in [2.75, 3.05) is 19.0 Å². The van der Waals surface area contributed by atoms with E-state index < -0.39 is 0 Å². The van der Waals surface area contributed by atoms with Gasteiger partial charge in [-0.25, -0.2) is 0 Å². The molecule has 140 valence electrons. The fraction of sp³-hybridized carbons (Fsp3) is 0.300. The molecule has 3 heterocycles. The molecular formula is C20H22N4O2S. The van der Waals surface area contributed by atoms with E-state index in [2.05, 4.69) is 38.6 Å². The number of likely N-dealkylation sites (tertiary alicyclic amines) is 1. The Hall–Kier alpha value is -2.64. The molecule has 1 saturated heterocycles. The van der Waals surface area contributed by atoms with Gasteiger partial charge in [0.25, 0.3) is 5.91 Å². The fourth-order valence-corrected chi connectivity index (χ4v) is 4.58. The monoisotopic (exact) mass is 382 g/mol. The third-order valence-electron chi connectivity index (χ3n) is 4.81. The van der Waals surface area contributed by atoms with Crippen molar-refractivity contribution in [3.63, 3.8) is 0 Å². The Kier molecular flexibility index (Phi) is 5.22. The van der Waals surface area contributed by atoms with Gasteiger partial charge >= 0.3 is 0 Å². The van der Waals surface area contributed by atoms with E-state index in [-0.39, 0.29) is 5.91 Å². The van der Waals surface area contributed by atoms with Crippen LogP contribution in [0.1, 0.15) is 39.0 Å². The minimum absolute atomic E-state index is 0.104. The van der Waals surface area contributed by atoms with E-state index in [1.807, 2.05) is 18.2 Å². The number of amides is 1. The standard InChI is InChI=1S/C20H22N4O2S/c1-26-15-5-2-4-14(12-15)13-24-11-3-6-16(24)17-7-8-18(27-17)20(25)22-19-9-10-21-23-19/h2,4-5,7-10,12,16H,3,6,11,13H2,1H3,(H2,21,22,23,25)/t16-/m1/s1. The zero-order valence-electron chi connectivity index (χ0n) is 15.1. The molecule has 0 aliphatic carbocycles. The maximum Gasteiger partial charge on any atom is 0.266 e. The third kappa shape index (κ3) is 4.04. The molecule has 0 spiro atoms. The number of anilines is 1. The number of ether oxygens (including phenoxy) is 1. The summed E-state index contributed by atoms with van der Waals surface area (Å²) in [6.07, 6.45) is 3.90. The van der Waals surface area contributed by atoms with Crippen LogP contribution in [0.3, 0.4) is 0 Å². The number of methoxy groups -OCH3 is 1. The number of H-pyrrole nitrogens is 1. The molecule has 1 amide bonds. The van der Waals surface area contributed by atoms with Gasteiger partial charge in [0.1, 0.15) is 11.6 Å². The van der Waals surface area contributed by atoms with E-state index in [0.717, 1.165) is 25.3 Å². The molecule has 27 heavy (non-hydrogen) atoms. The maximum atomic E-state index is 12.4. The number of aromatic amines is 1. The van der Waals surface area contributed by atoms with E-state index >= 15 is 0 Å². The van der Waals surface area contributed by atoms with Crippen LogP contribution in [0.25, 0.3) is 0 Å². The lowest BCUT2D eigenvalue weighted by Gasteiger charge is -2.23. The van der Waals surface area contributed by atoms with Crippen LogP contribution in [0.4, 0.5) is 5.82 Å². The predicted molar refractivity (Wildman–Crippen MR) is 106 cm³/mol. The van der Waals surface area contributed by atoms with Crippen molar-refractivity contribution < 1.29 is 9.53 Å². The van der Waals surface area contributed by atoms with Crippen molar-refractivity contribution in [3.05, 3.63) is 64.0 Å². The average molecular weight is 382 g/mol. The number of hydrogen-bond donors (Lipinski definition) is 2. The summed E-state index contributed by atoms with van der Waals surface area (Å²) in [6.45, 7) is 1.95. The summed E-state index contributed by atoms with van der Waals surface area (Å²) in [6, 6.07) is 14.3. The fourth-order valence-electron chi connectivity index (χ4n) is 3.51. The number of benzene rings is 1. The Bertz CT molecular complexity index is 906. The first-order valence-corrected chi connectivity index (χ1v) is 9.82. The van der Waals surface area contributed by atoms with Gasteiger partial charge in [-0.05, 0) is 49.2 Å². The molecule has 1 aromatic carbocycles. The molecule has 4 rings (SSSR count). The molecule has 0 unspecified atom stereocenters. The molecular weight excluding hydrogens is 360 g/mol. The van der Waals surface area contributed by atoms with Gasteiger partial charge in [-0.1, -0.05) is 12.1 Å². The third-order valence-corrected chi connectivity index (χ3v) is 6.00. The van der Waals surface area contributed by atoms with Crippen LogP contribution >= 0.6 is 11.3 Å². The number of nitrogens with zero attached hydrogens (tertiary/aromatic N) is 2. The summed E-state index contributed by atoms with van der Waals surface area (Å²) in [5.74, 6) is 1.39. The second-order valence-corrected chi connectivity index (χ2v) is 7.72. The lowest BCUT2D eigenvalue weighted by atomic mass is 10.1. The number of thiophene rings is 1. The number of rotatable bonds is 6. The van der Waals surface area contributed by atoms with Crippen LogP contribution in [0.15, 0.2) is 48.7 Å². The quantitative estimate of drug-likeness (QED) is 0.674. The largest absolute Gasteiger partial charge is 0.497 e. The molecule has 0 bridgehead atoms. The van der Waals surface area contributed by atoms with Crippen molar-refractivity contribution in [3.8, 4) is 5.75 Å². The second kappa shape index (κ2) is 7.94. The van der Waals surface area contributed by atoms with Gasteiger partial charge < -0.3 is 10.1 Å². The Labute approximate surface area is 162 Å². The molecule has 2 N–H and O–H groups in total. The van der Waals surface area contributed by atoms with Crippen LogP contribution < -0.4 is 10.1 Å². The average Bonchev–Trinajstić information content (AvgIpc) is 3.43. The first-order chi connectivity index (χ1) is 13.2. The van der Waals surface area contributed by atoms with Crippen molar-refractivity contribution in [1.82, 2.24) is 15.1 Å². The van der Waals surface area contributed by atoms with Gasteiger partial charge in [-0.2, -0.15) is 5.10 Å². The second-order valence-electron chi connectivity index (χ2n) is 6.61. The molecule has 1 aliphatic heterocycles. The number of nitrogens with one attached hydrogen (secondary N) is 2. The highest BCUT2D eigenvalue weighted by molar-refractivity contribution is 7.14. The zero-order valence-corrected chi connectivity index (χ0v) is 16.0. The summed E-state index contributed by atoms with van der Waals surface area (Å²) in [5, 5.41) is 9.43. The summed E-state index contributed by atoms with van der Waals surface area (Å²) in [7, 11) is 1.69. The maximum absolute atomic E-state index is 12.4. The van der Waals surface area contributed by atoms with E-state index in [9.17, 15) is 4.79 Å². The van der Waals surface area contributed by atoms with E-state index in [0.29, 0.717) is 16.7 Å². The van der Waals surface area contributed by atoms with Crippen molar-refractivity contribution >= 4 is 23.1 Å². The highest BCUT2D eigenvalue weighted by Gasteiger charge is 2.28. The van der Waals surface area contributed by atoms with Crippen molar-refractivity contribution in [2.45, 2.75) is 25.4 Å². The van der Waals surface area contributed by atoms with Gasteiger partial charge in [-0.3, -0.25) is 14.8 Å². The van der Waals surface area contributed by atoms with Crippen LogP contribution in [0.5, 0.6) is 5.75 Å². The Morgan fingerprint density at radius 2 is 2.30 bits per heavy atom. The predicted octanol–water partition coefficient (Wildman–Crippen LogP) is 4.07. The Morgan fingerprint density at radius 1 is 1.37 bits per heavy atom. The number of carbonyl (C=O) groups excluding carboxylic acids is 1. The molecule has 1 aliphatic rings. The number of aromatic nitrogens is 2. The van der Waals surface area contributed by atoms with E-state index in [1.54, 1.807) is 30.7 Å². The summed E-state index contributed by atoms with van der Waals surface area (Å²) in [5.41, 5.74) is 1.25. The van der Waals surface area contributed by atoms with E-state index in [1.165, 1.54) is 16.9 Å². The normalized spacial score (nSPS) is 17.1. The first kappa shape index (κ1) is 17.8. The highest BCUT2D eigenvalue weighted by Crippen LogP contribution is 2.37. The minimum Gasteiger partial charge on any atom is -0.497 e. The van der Waals surface area contributed by atoms with Gasteiger partial charge in [0.05, 0.1) is 18.2 Å². The van der Waals surface area contributed by atoms with Crippen LogP contribution in [-0.4, -0.2) is 34.7 Å². The Morgan fingerprint density at radius 3 is 3.11 bits per heavy atom. The molecule has 3 aromatic rings. The summed E-state index contributed by atoms with van der Waals surface area (Å²) in [4.78, 5) is 16.8. The lowest BCUT2D eigenvalue weighted by Crippen LogP contribution is -2.22. The van der Waals surface area contributed by atoms with Crippen molar-refractivity contribution in [1.29, 1.82) is 0 Å². The highest BCUT2D eigenvalue weighted by atomic mass is 32.1. The summed E-state index contributed by atoms with van der Waals surface area (Å²) >= 11 is 1.57. The number of carbonyl (C=O) groups is 1. The zero-order chi connectivity index (χ0) is 18.6. The topological polar surface area (TPSA) is 70.2 Å². The smallest absolute Gasteiger partial charge is 0.266 e. The first-order valence-electron chi connectivity index (χ1n) is 9.00. The van der Waals surface area contributed by atoms with Gasteiger partial charge in [0, 0.05) is 23.5 Å². The molecule has 1 fully saturated rings.